The van der Waals surface area contributed by atoms with Crippen LogP contribution in [0.3, 0.4) is 0 Å². The second kappa shape index (κ2) is 5.55. The number of aryl methyl sites for hydroxylation is 1. The summed E-state index contributed by atoms with van der Waals surface area (Å²) < 4.78 is 26.2. The number of carbonyl (C=O) groups is 1. The maximum atomic E-state index is 12.2. The summed E-state index contributed by atoms with van der Waals surface area (Å²) in [5, 5.41) is 19.7. The van der Waals surface area contributed by atoms with Gasteiger partial charge in [-0.2, -0.15) is 4.72 Å². The number of nitro groups is 1. The van der Waals surface area contributed by atoms with Crippen LogP contribution in [0.5, 0.6) is 0 Å². The molecular formula is C11H14N2O6S. The lowest BCUT2D eigenvalue weighted by atomic mass is 10.1. The Bertz CT molecular complexity index is 668. The van der Waals surface area contributed by atoms with Crippen molar-refractivity contribution in [2.45, 2.75) is 31.7 Å². The molecule has 8 nitrogen and oxygen atoms in total. The monoisotopic (exact) mass is 302 g/mol. The number of benzene rings is 1. The van der Waals surface area contributed by atoms with Crippen LogP contribution in [0.2, 0.25) is 0 Å². The molecule has 0 aliphatic rings. The maximum absolute atomic E-state index is 12.2. The minimum atomic E-state index is -4.31. The van der Waals surface area contributed by atoms with Crippen molar-refractivity contribution in [3.63, 3.8) is 0 Å². The Hall–Kier alpha value is -2.00. The lowest BCUT2D eigenvalue weighted by molar-refractivity contribution is -0.387. The van der Waals surface area contributed by atoms with Crippen LogP contribution in [0, 0.1) is 24.0 Å². The van der Waals surface area contributed by atoms with Crippen LogP contribution < -0.4 is 4.72 Å². The molecule has 2 N–H and O–H groups in total. The normalized spacial score (nSPS) is 12.9. The molecule has 9 heteroatoms. The van der Waals surface area contributed by atoms with E-state index in [1.807, 2.05) is 4.72 Å². The van der Waals surface area contributed by atoms with Gasteiger partial charge in [0.25, 0.3) is 5.69 Å². The van der Waals surface area contributed by atoms with Crippen LogP contribution >= 0.6 is 0 Å². The van der Waals surface area contributed by atoms with Crippen molar-refractivity contribution in [2.75, 3.05) is 0 Å². The summed E-state index contributed by atoms with van der Waals surface area (Å²) in [5.41, 5.74) is 0.182. The molecule has 0 spiro atoms. The molecule has 0 radical (unpaired) electrons. The number of aliphatic carboxylic acids is 1. The largest absolute Gasteiger partial charge is 0.480 e. The number of rotatable bonds is 5. The minimum Gasteiger partial charge on any atom is -0.480 e. The highest BCUT2D eigenvalue weighted by molar-refractivity contribution is 7.89. The molecule has 0 saturated heterocycles. The molecular weight excluding hydrogens is 288 g/mol. The van der Waals surface area contributed by atoms with Gasteiger partial charge in [0.2, 0.25) is 10.0 Å². The zero-order valence-corrected chi connectivity index (χ0v) is 11.9. The molecule has 0 heterocycles. The third-order valence-corrected chi connectivity index (χ3v) is 4.54. The summed E-state index contributed by atoms with van der Waals surface area (Å²) >= 11 is 0. The van der Waals surface area contributed by atoms with Crippen LogP contribution in [-0.2, 0) is 14.8 Å². The van der Waals surface area contributed by atoms with Crippen molar-refractivity contribution < 1.29 is 23.2 Å². The number of carboxylic acid groups (broad SMARTS) is 1. The van der Waals surface area contributed by atoms with Gasteiger partial charge in [-0.3, -0.25) is 14.9 Å². The average molecular weight is 302 g/mol. The van der Waals surface area contributed by atoms with E-state index in [9.17, 15) is 23.3 Å². The predicted molar refractivity (Wildman–Crippen MR) is 70.0 cm³/mol. The lowest BCUT2D eigenvalue weighted by Gasteiger charge is -2.13. The average Bonchev–Trinajstić information content (AvgIpc) is 2.30. The zero-order chi connectivity index (χ0) is 15.7. The number of nitro benzene ring substituents is 1. The molecule has 1 aromatic carbocycles. The fraction of sp³-hybridized carbons (Fsp3) is 0.364. The molecule has 0 fully saturated rings. The molecule has 0 aliphatic carbocycles. The van der Waals surface area contributed by atoms with E-state index in [1.165, 1.54) is 13.0 Å². The van der Waals surface area contributed by atoms with Gasteiger partial charge in [-0.25, -0.2) is 8.42 Å². The fourth-order valence-corrected chi connectivity index (χ4v) is 3.27. The molecule has 110 valence electrons. The van der Waals surface area contributed by atoms with Crippen molar-refractivity contribution in [2.24, 2.45) is 0 Å². The van der Waals surface area contributed by atoms with Crippen LogP contribution in [-0.4, -0.2) is 30.5 Å². The van der Waals surface area contributed by atoms with Crippen LogP contribution in [0.25, 0.3) is 0 Å². The summed E-state index contributed by atoms with van der Waals surface area (Å²) in [6.45, 7) is 4.18. The third-order valence-electron chi connectivity index (χ3n) is 2.82. The minimum absolute atomic E-state index is 0.212. The van der Waals surface area contributed by atoms with Gasteiger partial charge in [-0.1, -0.05) is 6.07 Å². The Balaban J connectivity index is 3.48. The van der Waals surface area contributed by atoms with Gasteiger partial charge >= 0.3 is 5.97 Å². The first kappa shape index (κ1) is 16.1. The van der Waals surface area contributed by atoms with E-state index in [0.29, 0.717) is 5.56 Å². The summed E-state index contributed by atoms with van der Waals surface area (Å²) in [7, 11) is -4.31. The number of hydrogen-bond donors (Lipinski definition) is 2. The third kappa shape index (κ3) is 3.11. The van der Waals surface area contributed by atoms with E-state index in [-0.39, 0.29) is 5.56 Å². The number of nitrogens with zero attached hydrogens (tertiary/aromatic N) is 1. The van der Waals surface area contributed by atoms with Gasteiger partial charge in [-0.05, 0) is 31.9 Å². The van der Waals surface area contributed by atoms with Gasteiger partial charge in [-0.15, -0.1) is 0 Å². The second-order valence-corrected chi connectivity index (χ2v) is 5.94. The Morgan fingerprint density at radius 3 is 2.40 bits per heavy atom. The van der Waals surface area contributed by atoms with Gasteiger partial charge in [0, 0.05) is 6.07 Å². The van der Waals surface area contributed by atoms with E-state index in [4.69, 9.17) is 5.11 Å². The standard InChI is InChI=1S/C11H14N2O6S/c1-6-4-5-9(13(16)17)10(7(6)2)20(18,19)12-8(3)11(14)15/h4-5,8,12H,1-3H3,(H,14,15)/t8-/m0/s1. The molecule has 1 rings (SSSR count). The Morgan fingerprint density at radius 1 is 1.40 bits per heavy atom. The zero-order valence-electron chi connectivity index (χ0n) is 11.1. The number of sulfonamides is 1. The second-order valence-electron chi connectivity index (χ2n) is 4.29. The number of carboxylic acids is 1. The lowest BCUT2D eigenvalue weighted by Crippen LogP contribution is -2.38. The summed E-state index contributed by atoms with van der Waals surface area (Å²) in [6, 6.07) is 1.13. The first-order valence-electron chi connectivity index (χ1n) is 5.57. The highest BCUT2D eigenvalue weighted by Crippen LogP contribution is 2.29. The van der Waals surface area contributed by atoms with Crippen molar-refractivity contribution in [3.8, 4) is 0 Å². The molecule has 0 aromatic heterocycles. The summed E-state index contributed by atoms with van der Waals surface area (Å²) in [5.74, 6) is -1.37. The molecule has 0 bridgehead atoms. The smallest absolute Gasteiger partial charge is 0.321 e. The van der Waals surface area contributed by atoms with Crippen molar-refractivity contribution in [3.05, 3.63) is 33.4 Å². The van der Waals surface area contributed by atoms with E-state index >= 15 is 0 Å². The summed E-state index contributed by atoms with van der Waals surface area (Å²) in [6.07, 6.45) is 0. The molecule has 0 saturated carbocycles. The van der Waals surface area contributed by atoms with Gasteiger partial charge in [0.15, 0.2) is 4.90 Å². The Morgan fingerprint density at radius 2 is 1.95 bits per heavy atom. The van der Waals surface area contributed by atoms with Crippen LogP contribution in [0.4, 0.5) is 5.69 Å². The van der Waals surface area contributed by atoms with Crippen molar-refractivity contribution in [1.82, 2.24) is 4.72 Å². The van der Waals surface area contributed by atoms with E-state index in [1.54, 1.807) is 6.92 Å². The SMILES string of the molecule is Cc1ccc([N+](=O)[O-])c(S(=O)(=O)N[C@@H](C)C(=O)O)c1C. The van der Waals surface area contributed by atoms with Crippen molar-refractivity contribution in [1.29, 1.82) is 0 Å². The van der Waals surface area contributed by atoms with E-state index in [0.717, 1.165) is 13.0 Å². The van der Waals surface area contributed by atoms with E-state index < -0.39 is 37.5 Å². The number of nitrogens with one attached hydrogen (secondary N) is 1. The Labute approximate surface area is 115 Å². The maximum Gasteiger partial charge on any atom is 0.321 e. The molecule has 0 unspecified atom stereocenters. The van der Waals surface area contributed by atoms with Gasteiger partial charge in [0.1, 0.15) is 6.04 Å². The van der Waals surface area contributed by atoms with Gasteiger partial charge in [0.05, 0.1) is 4.92 Å². The fourth-order valence-electron chi connectivity index (χ4n) is 1.60. The predicted octanol–water partition coefficient (Wildman–Crippen LogP) is 0.963. The number of hydrogen-bond acceptors (Lipinski definition) is 5. The first-order valence-corrected chi connectivity index (χ1v) is 7.06. The highest BCUT2D eigenvalue weighted by atomic mass is 32.2. The summed E-state index contributed by atoms with van der Waals surface area (Å²) in [4.78, 5) is 20.3. The highest BCUT2D eigenvalue weighted by Gasteiger charge is 2.31. The topological polar surface area (TPSA) is 127 Å². The van der Waals surface area contributed by atoms with Crippen molar-refractivity contribution >= 4 is 21.7 Å². The quantitative estimate of drug-likeness (QED) is 0.616. The Kier molecular flexibility index (Phi) is 4.46. The van der Waals surface area contributed by atoms with Crippen LogP contribution in [0.15, 0.2) is 17.0 Å². The molecule has 1 atom stereocenters. The first-order chi connectivity index (χ1) is 9.08. The molecule has 0 amide bonds. The molecule has 20 heavy (non-hydrogen) atoms. The molecule has 1 aromatic rings. The van der Waals surface area contributed by atoms with E-state index in [2.05, 4.69) is 0 Å². The van der Waals surface area contributed by atoms with Gasteiger partial charge < -0.3 is 5.11 Å². The van der Waals surface area contributed by atoms with Crippen LogP contribution in [0.1, 0.15) is 18.1 Å². The molecule has 0 aliphatic heterocycles.